The van der Waals surface area contributed by atoms with Crippen LogP contribution in [0.4, 0.5) is 11.4 Å². The minimum atomic E-state index is -0.342. The lowest BCUT2D eigenvalue weighted by molar-refractivity contribution is -0.122. The molecule has 3 amide bonds. The molecule has 1 heterocycles. The van der Waals surface area contributed by atoms with E-state index in [9.17, 15) is 14.4 Å². The normalized spacial score (nSPS) is 20.2. The molecule has 2 aliphatic rings. The van der Waals surface area contributed by atoms with Crippen molar-refractivity contribution in [2.45, 2.75) is 19.8 Å². The molecule has 1 fully saturated rings. The molecule has 160 valence electrons. The number of hydrogen-bond donors (Lipinski definition) is 1. The highest BCUT2D eigenvalue weighted by atomic mass is 16.5. The Balaban J connectivity index is 1.52. The highest BCUT2D eigenvalue weighted by molar-refractivity contribution is 6.22. The standard InChI is InChI=1S/C24H24N2O5/c1-14-4-10-18-19(12-14)24(29)26(23(18)28)16-7-5-15(6-8-16)22(27)25-20-13-17(30-2)9-11-21(20)31-3/h4-9,11,13,18-19H,10,12H2,1-3H3,(H,25,27)/t18-,19-/m1/s1. The van der Waals surface area contributed by atoms with Gasteiger partial charge in [0, 0.05) is 11.6 Å². The van der Waals surface area contributed by atoms with Crippen LogP contribution in [0.5, 0.6) is 11.5 Å². The molecule has 0 saturated carbocycles. The lowest BCUT2D eigenvalue weighted by Crippen LogP contribution is -2.30. The van der Waals surface area contributed by atoms with Gasteiger partial charge in [0.2, 0.25) is 11.8 Å². The van der Waals surface area contributed by atoms with Crippen molar-refractivity contribution >= 4 is 29.1 Å². The Kier molecular flexibility index (Phi) is 5.50. The molecule has 1 N–H and O–H groups in total. The number of imide groups is 1. The van der Waals surface area contributed by atoms with E-state index in [1.807, 2.05) is 13.0 Å². The highest BCUT2D eigenvalue weighted by Crippen LogP contribution is 2.39. The van der Waals surface area contributed by atoms with Gasteiger partial charge in [-0.15, -0.1) is 0 Å². The van der Waals surface area contributed by atoms with Gasteiger partial charge in [-0.05, 0) is 56.2 Å². The Bertz CT molecular complexity index is 1070. The molecule has 0 spiro atoms. The largest absolute Gasteiger partial charge is 0.497 e. The SMILES string of the molecule is COc1ccc(OC)c(NC(=O)c2ccc(N3C(=O)[C@@H]4CC=C(C)C[C@H]4C3=O)cc2)c1. The number of allylic oxidation sites excluding steroid dienone is 2. The lowest BCUT2D eigenvalue weighted by Gasteiger charge is -2.18. The van der Waals surface area contributed by atoms with Crippen molar-refractivity contribution in [2.24, 2.45) is 11.8 Å². The van der Waals surface area contributed by atoms with Gasteiger partial charge >= 0.3 is 0 Å². The van der Waals surface area contributed by atoms with Crippen LogP contribution < -0.4 is 19.7 Å². The van der Waals surface area contributed by atoms with E-state index in [2.05, 4.69) is 5.32 Å². The molecule has 2 aromatic carbocycles. The second-order valence-electron chi connectivity index (χ2n) is 7.78. The maximum absolute atomic E-state index is 12.9. The molecule has 7 nitrogen and oxygen atoms in total. The number of benzene rings is 2. The van der Waals surface area contributed by atoms with Gasteiger partial charge in [-0.1, -0.05) is 11.6 Å². The van der Waals surface area contributed by atoms with Gasteiger partial charge in [-0.3, -0.25) is 19.3 Å². The number of nitrogens with one attached hydrogen (secondary N) is 1. The average molecular weight is 420 g/mol. The molecule has 1 saturated heterocycles. The number of ether oxygens (including phenoxy) is 2. The number of amides is 3. The molecule has 2 atom stereocenters. The molecular formula is C24H24N2O5. The Morgan fingerprint density at radius 1 is 1.00 bits per heavy atom. The first-order valence-electron chi connectivity index (χ1n) is 10.1. The van der Waals surface area contributed by atoms with Crippen LogP contribution in [0.3, 0.4) is 0 Å². The zero-order valence-electron chi connectivity index (χ0n) is 17.7. The van der Waals surface area contributed by atoms with Gasteiger partial charge in [-0.2, -0.15) is 0 Å². The van der Waals surface area contributed by atoms with Crippen molar-refractivity contribution in [3.63, 3.8) is 0 Å². The summed E-state index contributed by atoms with van der Waals surface area (Å²) in [6, 6.07) is 11.6. The fraction of sp³-hybridized carbons (Fsp3) is 0.292. The summed E-state index contributed by atoms with van der Waals surface area (Å²) in [5.41, 5.74) is 2.50. The van der Waals surface area contributed by atoms with Crippen LogP contribution in [0.1, 0.15) is 30.1 Å². The average Bonchev–Trinajstić information content (AvgIpc) is 3.03. The lowest BCUT2D eigenvalue weighted by atomic mass is 9.82. The van der Waals surface area contributed by atoms with Gasteiger partial charge in [0.25, 0.3) is 5.91 Å². The second kappa shape index (κ2) is 8.26. The fourth-order valence-electron chi connectivity index (χ4n) is 4.16. The summed E-state index contributed by atoms with van der Waals surface area (Å²) in [5.74, 6) is -0.168. The molecule has 0 radical (unpaired) electrons. The number of carbonyl (C=O) groups excluding carboxylic acids is 3. The summed E-state index contributed by atoms with van der Waals surface area (Å²) < 4.78 is 10.5. The Morgan fingerprint density at radius 3 is 2.39 bits per heavy atom. The number of rotatable bonds is 5. The molecule has 0 bridgehead atoms. The number of anilines is 2. The van der Waals surface area contributed by atoms with E-state index >= 15 is 0 Å². The van der Waals surface area contributed by atoms with Crippen LogP contribution in [0, 0.1) is 11.8 Å². The summed E-state index contributed by atoms with van der Waals surface area (Å²) >= 11 is 0. The number of nitrogens with zero attached hydrogens (tertiary/aromatic N) is 1. The highest BCUT2D eigenvalue weighted by Gasteiger charge is 2.48. The van der Waals surface area contributed by atoms with E-state index in [4.69, 9.17) is 9.47 Å². The van der Waals surface area contributed by atoms with Gasteiger partial charge in [-0.25, -0.2) is 0 Å². The van der Waals surface area contributed by atoms with Crippen LogP contribution in [0.25, 0.3) is 0 Å². The van der Waals surface area contributed by atoms with Crippen molar-refractivity contribution in [1.29, 1.82) is 0 Å². The number of hydrogen-bond acceptors (Lipinski definition) is 5. The zero-order valence-corrected chi connectivity index (χ0v) is 17.7. The van der Waals surface area contributed by atoms with E-state index in [-0.39, 0.29) is 29.6 Å². The maximum atomic E-state index is 12.9. The molecule has 2 aromatic rings. The predicted octanol–water partition coefficient (Wildman–Crippen LogP) is 3.80. The van der Waals surface area contributed by atoms with Gasteiger partial charge < -0.3 is 14.8 Å². The summed E-state index contributed by atoms with van der Waals surface area (Å²) in [6.07, 6.45) is 3.26. The maximum Gasteiger partial charge on any atom is 0.255 e. The first-order chi connectivity index (χ1) is 14.9. The topological polar surface area (TPSA) is 84.9 Å². The number of carbonyl (C=O) groups is 3. The second-order valence-corrected chi connectivity index (χ2v) is 7.78. The van der Waals surface area contributed by atoms with Crippen molar-refractivity contribution < 1.29 is 23.9 Å². The Labute approximate surface area is 180 Å². The fourth-order valence-corrected chi connectivity index (χ4v) is 4.16. The van der Waals surface area contributed by atoms with Crippen LogP contribution in [0.15, 0.2) is 54.1 Å². The molecule has 4 rings (SSSR count). The Hall–Kier alpha value is -3.61. The van der Waals surface area contributed by atoms with Crippen molar-refractivity contribution in [3.05, 3.63) is 59.7 Å². The molecular weight excluding hydrogens is 396 g/mol. The van der Waals surface area contributed by atoms with E-state index in [0.717, 1.165) is 5.57 Å². The summed E-state index contributed by atoms with van der Waals surface area (Å²) in [5, 5.41) is 2.81. The van der Waals surface area contributed by atoms with Crippen LogP contribution in [0.2, 0.25) is 0 Å². The molecule has 0 unspecified atom stereocenters. The van der Waals surface area contributed by atoms with Crippen LogP contribution in [-0.4, -0.2) is 31.9 Å². The van der Waals surface area contributed by atoms with Crippen LogP contribution in [-0.2, 0) is 9.59 Å². The zero-order chi connectivity index (χ0) is 22.1. The Morgan fingerprint density at radius 2 is 1.71 bits per heavy atom. The van der Waals surface area contributed by atoms with Gasteiger partial charge in [0.05, 0.1) is 37.4 Å². The first kappa shape index (κ1) is 20.7. The van der Waals surface area contributed by atoms with E-state index in [0.29, 0.717) is 41.3 Å². The smallest absolute Gasteiger partial charge is 0.255 e. The van der Waals surface area contributed by atoms with Gasteiger partial charge in [0.15, 0.2) is 0 Å². The monoisotopic (exact) mass is 420 g/mol. The third kappa shape index (κ3) is 3.79. The molecule has 31 heavy (non-hydrogen) atoms. The third-order valence-corrected chi connectivity index (χ3v) is 5.87. The van der Waals surface area contributed by atoms with Crippen molar-refractivity contribution in [1.82, 2.24) is 0 Å². The van der Waals surface area contributed by atoms with E-state index < -0.39 is 0 Å². The van der Waals surface area contributed by atoms with Crippen molar-refractivity contribution in [3.8, 4) is 11.5 Å². The van der Waals surface area contributed by atoms with Crippen LogP contribution >= 0.6 is 0 Å². The van der Waals surface area contributed by atoms with Gasteiger partial charge in [0.1, 0.15) is 11.5 Å². The quantitative estimate of drug-likeness (QED) is 0.587. The summed E-state index contributed by atoms with van der Waals surface area (Å²) in [7, 11) is 3.06. The molecule has 1 aliphatic carbocycles. The number of methoxy groups -OCH3 is 2. The summed E-state index contributed by atoms with van der Waals surface area (Å²) in [6.45, 7) is 1.99. The van der Waals surface area contributed by atoms with E-state index in [1.54, 1.807) is 49.6 Å². The molecule has 7 heteroatoms. The molecule has 1 aliphatic heterocycles. The number of fused-ring (bicyclic) bond motifs is 1. The first-order valence-corrected chi connectivity index (χ1v) is 10.1. The van der Waals surface area contributed by atoms with Crippen molar-refractivity contribution in [2.75, 3.05) is 24.4 Å². The molecule has 0 aromatic heterocycles. The van der Waals surface area contributed by atoms with E-state index in [1.165, 1.54) is 12.0 Å². The predicted molar refractivity (Wildman–Crippen MR) is 116 cm³/mol. The minimum Gasteiger partial charge on any atom is -0.497 e. The third-order valence-electron chi connectivity index (χ3n) is 5.87. The minimum absolute atomic E-state index is 0.166. The summed E-state index contributed by atoms with van der Waals surface area (Å²) in [4.78, 5) is 39.7.